The molecule has 0 aliphatic carbocycles. The molecule has 136 valence electrons. The van der Waals surface area contributed by atoms with Crippen LogP contribution in [0.2, 0.25) is 0 Å². The van der Waals surface area contributed by atoms with Gasteiger partial charge in [-0.25, -0.2) is 0 Å². The maximum atomic E-state index is 12.6. The third-order valence-corrected chi connectivity index (χ3v) is 4.34. The first kappa shape index (κ1) is 19.3. The lowest BCUT2D eigenvalue weighted by Gasteiger charge is -2.26. The minimum Gasteiger partial charge on any atom is -0.496 e. The van der Waals surface area contributed by atoms with Crippen molar-refractivity contribution < 1.29 is 23.0 Å². The Kier molecular flexibility index (Phi) is 6.08. The maximum Gasteiger partial charge on any atom is 0.416 e. The molecule has 2 aromatic rings. The number of ether oxygens (including phenoxy) is 1. The van der Waals surface area contributed by atoms with E-state index in [0.29, 0.717) is 12.0 Å². The summed E-state index contributed by atoms with van der Waals surface area (Å²) in [5, 5.41) is 10.4. The summed E-state index contributed by atoms with van der Waals surface area (Å²) in [6.45, 7) is 1.89. The molecule has 2 aromatic carbocycles. The molecule has 25 heavy (non-hydrogen) atoms. The van der Waals surface area contributed by atoms with Crippen molar-refractivity contribution >= 4 is 0 Å². The van der Waals surface area contributed by atoms with Crippen LogP contribution in [-0.4, -0.2) is 18.3 Å². The molecule has 0 spiro atoms. The number of aliphatic hydroxyl groups excluding tert-OH is 1. The molecule has 0 aromatic heterocycles. The number of para-hydroxylation sites is 1. The Hall–Kier alpha value is -2.05. The highest BCUT2D eigenvalue weighted by atomic mass is 19.4. The molecule has 0 saturated carbocycles. The SMILES string of the molecule is COc1ccccc1CC(C)[C@@H](N)[C@H](O)c1ccc(C(F)(F)F)cc1. The van der Waals surface area contributed by atoms with Gasteiger partial charge in [0.15, 0.2) is 0 Å². The van der Waals surface area contributed by atoms with Gasteiger partial charge < -0.3 is 15.6 Å². The Morgan fingerprint density at radius 1 is 1.08 bits per heavy atom. The van der Waals surface area contributed by atoms with Crippen LogP contribution in [0, 0.1) is 5.92 Å². The zero-order chi connectivity index (χ0) is 18.6. The standard InChI is InChI=1S/C19H22F3NO2/c1-12(11-14-5-3-4-6-16(14)25-2)17(23)18(24)13-7-9-15(10-8-13)19(20,21)22/h3-10,12,17-18,24H,11,23H2,1-2H3/t12?,17-,18-/m1/s1. The van der Waals surface area contributed by atoms with Crippen LogP contribution in [0.3, 0.4) is 0 Å². The van der Waals surface area contributed by atoms with Crippen LogP contribution in [0.1, 0.15) is 29.7 Å². The minimum atomic E-state index is -4.40. The van der Waals surface area contributed by atoms with Gasteiger partial charge in [0.1, 0.15) is 5.75 Å². The Morgan fingerprint density at radius 3 is 2.24 bits per heavy atom. The molecule has 0 fully saturated rings. The number of hydrogen-bond acceptors (Lipinski definition) is 3. The molecule has 0 radical (unpaired) electrons. The molecule has 3 nitrogen and oxygen atoms in total. The zero-order valence-corrected chi connectivity index (χ0v) is 14.1. The fourth-order valence-corrected chi connectivity index (χ4v) is 2.76. The lowest BCUT2D eigenvalue weighted by atomic mass is 9.88. The summed E-state index contributed by atoms with van der Waals surface area (Å²) in [6.07, 6.45) is -4.86. The monoisotopic (exact) mass is 353 g/mol. The van der Waals surface area contributed by atoms with E-state index in [-0.39, 0.29) is 5.92 Å². The van der Waals surface area contributed by atoms with Crippen LogP contribution < -0.4 is 10.5 Å². The minimum absolute atomic E-state index is 0.103. The average Bonchev–Trinajstić information content (AvgIpc) is 2.60. The van der Waals surface area contributed by atoms with E-state index in [2.05, 4.69) is 0 Å². The highest BCUT2D eigenvalue weighted by Crippen LogP contribution is 2.31. The molecule has 6 heteroatoms. The molecular weight excluding hydrogens is 331 g/mol. The number of hydrogen-bond donors (Lipinski definition) is 2. The van der Waals surface area contributed by atoms with Gasteiger partial charge in [0.2, 0.25) is 0 Å². The number of rotatable bonds is 6. The van der Waals surface area contributed by atoms with Gasteiger partial charge in [0, 0.05) is 6.04 Å². The van der Waals surface area contributed by atoms with E-state index in [4.69, 9.17) is 10.5 Å². The predicted molar refractivity (Wildman–Crippen MR) is 90.2 cm³/mol. The molecule has 0 bridgehead atoms. The second-order valence-corrected chi connectivity index (χ2v) is 6.14. The quantitative estimate of drug-likeness (QED) is 0.827. The van der Waals surface area contributed by atoms with Crippen LogP contribution in [0.4, 0.5) is 13.2 Å². The van der Waals surface area contributed by atoms with E-state index >= 15 is 0 Å². The third-order valence-electron chi connectivity index (χ3n) is 4.34. The third kappa shape index (κ3) is 4.74. The summed E-state index contributed by atoms with van der Waals surface area (Å²) in [5.74, 6) is 0.638. The first-order valence-corrected chi connectivity index (χ1v) is 7.96. The summed E-state index contributed by atoms with van der Waals surface area (Å²) in [5.41, 5.74) is 6.73. The van der Waals surface area contributed by atoms with E-state index in [1.54, 1.807) is 7.11 Å². The maximum absolute atomic E-state index is 12.6. The van der Waals surface area contributed by atoms with Gasteiger partial charge in [0.25, 0.3) is 0 Å². The molecule has 0 amide bonds. The summed E-state index contributed by atoms with van der Waals surface area (Å²) in [7, 11) is 1.58. The zero-order valence-electron chi connectivity index (χ0n) is 14.1. The molecule has 1 unspecified atom stereocenters. The first-order chi connectivity index (χ1) is 11.7. The molecule has 0 saturated heterocycles. The molecule has 0 aliphatic rings. The van der Waals surface area contributed by atoms with Crippen molar-refractivity contribution in [2.24, 2.45) is 11.7 Å². The van der Waals surface area contributed by atoms with Crippen LogP contribution in [0.5, 0.6) is 5.75 Å². The predicted octanol–water partition coefficient (Wildman–Crippen LogP) is 3.95. The number of methoxy groups -OCH3 is 1. The first-order valence-electron chi connectivity index (χ1n) is 7.96. The molecular formula is C19H22F3NO2. The van der Waals surface area contributed by atoms with Gasteiger partial charge in [-0.15, -0.1) is 0 Å². The van der Waals surface area contributed by atoms with Crippen molar-refractivity contribution in [1.82, 2.24) is 0 Å². The van der Waals surface area contributed by atoms with Gasteiger partial charge in [-0.3, -0.25) is 0 Å². The van der Waals surface area contributed by atoms with Crippen LogP contribution in [-0.2, 0) is 12.6 Å². The summed E-state index contributed by atoms with van der Waals surface area (Å²) in [6, 6.07) is 11.3. The van der Waals surface area contributed by atoms with Gasteiger partial charge in [-0.2, -0.15) is 13.2 Å². The second kappa shape index (κ2) is 7.89. The van der Waals surface area contributed by atoms with Crippen molar-refractivity contribution in [3.63, 3.8) is 0 Å². The van der Waals surface area contributed by atoms with Gasteiger partial charge >= 0.3 is 6.18 Å². The lowest BCUT2D eigenvalue weighted by Crippen LogP contribution is -2.36. The van der Waals surface area contributed by atoms with E-state index in [1.807, 2.05) is 31.2 Å². The average molecular weight is 353 g/mol. The summed E-state index contributed by atoms with van der Waals surface area (Å²) >= 11 is 0. The van der Waals surface area contributed by atoms with Gasteiger partial charge in [-0.1, -0.05) is 37.3 Å². The normalized spacial score (nSPS) is 15.5. The Balaban J connectivity index is 2.09. The Bertz CT molecular complexity index is 686. The Morgan fingerprint density at radius 2 is 1.68 bits per heavy atom. The summed E-state index contributed by atoms with van der Waals surface area (Å²) < 4.78 is 43.2. The number of halogens is 3. The molecule has 0 heterocycles. The molecule has 0 aliphatic heterocycles. The number of benzene rings is 2. The number of nitrogens with two attached hydrogens (primary N) is 1. The van der Waals surface area contributed by atoms with E-state index < -0.39 is 23.9 Å². The van der Waals surface area contributed by atoms with Gasteiger partial charge in [0.05, 0.1) is 18.8 Å². The van der Waals surface area contributed by atoms with Crippen LogP contribution in [0.15, 0.2) is 48.5 Å². The Labute approximate surface area is 145 Å². The van der Waals surface area contributed by atoms with Crippen molar-refractivity contribution in [3.05, 3.63) is 65.2 Å². The lowest BCUT2D eigenvalue weighted by molar-refractivity contribution is -0.137. The molecule has 3 atom stereocenters. The van der Waals surface area contributed by atoms with E-state index in [1.165, 1.54) is 12.1 Å². The smallest absolute Gasteiger partial charge is 0.416 e. The highest BCUT2D eigenvalue weighted by molar-refractivity contribution is 5.34. The fraction of sp³-hybridized carbons (Fsp3) is 0.368. The van der Waals surface area contributed by atoms with Crippen molar-refractivity contribution in [2.75, 3.05) is 7.11 Å². The van der Waals surface area contributed by atoms with Crippen molar-refractivity contribution in [3.8, 4) is 5.75 Å². The number of alkyl halides is 3. The van der Waals surface area contributed by atoms with Crippen LogP contribution >= 0.6 is 0 Å². The van der Waals surface area contributed by atoms with Crippen LogP contribution in [0.25, 0.3) is 0 Å². The van der Waals surface area contributed by atoms with Gasteiger partial charge in [-0.05, 0) is 41.7 Å². The summed E-state index contributed by atoms with van der Waals surface area (Å²) in [4.78, 5) is 0. The topological polar surface area (TPSA) is 55.5 Å². The van der Waals surface area contributed by atoms with E-state index in [0.717, 1.165) is 23.4 Å². The fourth-order valence-electron chi connectivity index (χ4n) is 2.76. The highest BCUT2D eigenvalue weighted by Gasteiger charge is 2.31. The number of aliphatic hydroxyl groups is 1. The molecule has 2 rings (SSSR count). The molecule has 3 N–H and O–H groups in total. The van der Waals surface area contributed by atoms with Crippen molar-refractivity contribution in [2.45, 2.75) is 31.7 Å². The van der Waals surface area contributed by atoms with Crippen molar-refractivity contribution in [1.29, 1.82) is 0 Å². The second-order valence-electron chi connectivity index (χ2n) is 6.14. The van der Waals surface area contributed by atoms with E-state index in [9.17, 15) is 18.3 Å². The largest absolute Gasteiger partial charge is 0.496 e.